The van der Waals surface area contributed by atoms with Gasteiger partial charge in [0.1, 0.15) is 0 Å². The molecule has 1 aliphatic carbocycles. The van der Waals surface area contributed by atoms with Gasteiger partial charge in [-0.15, -0.1) is 0 Å². The van der Waals surface area contributed by atoms with Gasteiger partial charge in [-0.2, -0.15) is 0 Å². The average Bonchev–Trinajstić information content (AvgIpc) is 2.17. The van der Waals surface area contributed by atoms with E-state index in [1.165, 1.54) is 32.2 Å². The molecule has 0 saturated heterocycles. The summed E-state index contributed by atoms with van der Waals surface area (Å²) >= 11 is 0. The second-order valence-electron chi connectivity index (χ2n) is 6.15. The van der Waals surface area contributed by atoms with Crippen LogP contribution in [0.15, 0.2) is 0 Å². The fraction of sp³-hybridized carbons (Fsp3) is 1.00. The Balaban J connectivity index is 2.30. The quantitative estimate of drug-likeness (QED) is 0.684. The van der Waals surface area contributed by atoms with E-state index >= 15 is 0 Å². The van der Waals surface area contributed by atoms with Gasteiger partial charge < -0.3 is 4.90 Å². The molecule has 90 valence electrons. The van der Waals surface area contributed by atoms with Gasteiger partial charge in [0, 0.05) is 12.6 Å². The Morgan fingerprint density at radius 1 is 1.00 bits per heavy atom. The van der Waals surface area contributed by atoms with Crippen LogP contribution in [-0.4, -0.2) is 24.5 Å². The highest BCUT2D eigenvalue weighted by atomic mass is 15.1. The molecule has 1 fully saturated rings. The summed E-state index contributed by atoms with van der Waals surface area (Å²) in [7, 11) is 2.31. The molecule has 15 heavy (non-hydrogen) atoms. The summed E-state index contributed by atoms with van der Waals surface area (Å²) in [6.45, 7) is 10.6. The van der Waals surface area contributed by atoms with Crippen LogP contribution in [0.4, 0.5) is 0 Å². The fourth-order valence-corrected chi connectivity index (χ4v) is 2.93. The second-order valence-corrected chi connectivity index (χ2v) is 6.15. The van der Waals surface area contributed by atoms with Gasteiger partial charge in [0.2, 0.25) is 0 Å². The highest BCUT2D eigenvalue weighted by Crippen LogP contribution is 2.31. The topological polar surface area (TPSA) is 3.24 Å². The number of hydrogen-bond acceptors (Lipinski definition) is 1. The molecule has 0 unspecified atom stereocenters. The van der Waals surface area contributed by atoms with Crippen LogP contribution < -0.4 is 0 Å². The summed E-state index contributed by atoms with van der Waals surface area (Å²) in [5, 5.41) is 0. The van der Waals surface area contributed by atoms with Gasteiger partial charge in [-0.25, -0.2) is 0 Å². The molecular weight excluding hydrogens is 182 g/mol. The Labute approximate surface area is 96.2 Å². The van der Waals surface area contributed by atoms with Crippen LogP contribution in [0.2, 0.25) is 0 Å². The third kappa shape index (κ3) is 4.14. The lowest BCUT2D eigenvalue weighted by atomic mass is 9.79. The SMILES string of the molecule is CC(C)CN(C)C1CCC(C(C)C)CC1. The Hall–Kier alpha value is -0.0400. The van der Waals surface area contributed by atoms with Crippen molar-refractivity contribution in [2.24, 2.45) is 17.8 Å². The third-order valence-corrected chi connectivity index (χ3v) is 3.96. The first kappa shape index (κ1) is 13.0. The molecule has 1 aliphatic rings. The van der Waals surface area contributed by atoms with Crippen molar-refractivity contribution in [3.8, 4) is 0 Å². The number of rotatable bonds is 4. The molecule has 1 heteroatoms. The molecule has 0 heterocycles. The molecule has 0 aromatic carbocycles. The molecule has 0 N–H and O–H groups in total. The molecule has 0 atom stereocenters. The van der Waals surface area contributed by atoms with Gasteiger partial charge >= 0.3 is 0 Å². The monoisotopic (exact) mass is 211 g/mol. The van der Waals surface area contributed by atoms with Crippen molar-refractivity contribution < 1.29 is 0 Å². The molecule has 0 aliphatic heterocycles. The van der Waals surface area contributed by atoms with Crippen molar-refractivity contribution in [1.82, 2.24) is 4.90 Å². The Kier molecular flexibility index (Phi) is 5.11. The van der Waals surface area contributed by atoms with Crippen LogP contribution in [0.3, 0.4) is 0 Å². The van der Waals surface area contributed by atoms with E-state index < -0.39 is 0 Å². The predicted octanol–water partition coefficient (Wildman–Crippen LogP) is 3.79. The fourth-order valence-electron chi connectivity index (χ4n) is 2.93. The maximum atomic E-state index is 2.58. The zero-order chi connectivity index (χ0) is 11.4. The third-order valence-electron chi connectivity index (χ3n) is 3.96. The summed E-state index contributed by atoms with van der Waals surface area (Å²) in [5.41, 5.74) is 0. The molecule has 0 spiro atoms. The lowest BCUT2D eigenvalue weighted by Gasteiger charge is -2.36. The minimum atomic E-state index is 0.804. The summed E-state index contributed by atoms with van der Waals surface area (Å²) in [4.78, 5) is 2.58. The van der Waals surface area contributed by atoms with Gasteiger partial charge in [-0.05, 0) is 50.5 Å². The minimum absolute atomic E-state index is 0.804. The van der Waals surface area contributed by atoms with E-state index in [1.54, 1.807) is 0 Å². The minimum Gasteiger partial charge on any atom is -0.303 e. The molecule has 0 radical (unpaired) electrons. The highest BCUT2D eigenvalue weighted by molar-refractivity contribution is 4.79. The van der Waals surface area contributed by atoms with Crippen LogP contribution in [0.5, 0.6) is 0 Å². The van der Waals surface area contributed by atoms with Crippen molar-refractivity contribution in [2.45, 2.75) is 59.4 Å². The largest absolute Gasteiger partial charge is 0.303 e. The van der Waals surface area contributed by atoms with Crippen molar-refractivity contribution in [3.63, 3.8) is 0 Å². The van der Waals surface area contributed by atoms with Crippen molar-refractivity contribution >= 4 is 0 Å². The molecule has 0 aromatic heterocycles. The van der Waals surface area contributed by atoms with Crippen LogP contribution in [0, 0.1) is 17.8 Å². The predicted molar refractivity (Wildman–Crippen MR) is 68.1 cm³/mol. The van der Waals surface area contributed by atoms with Crippen molar-refractivity contribution in [2.75, 3.05) is 13.6 Å². The molecule has 0 amide bonds. The highest BCUT2D eigenvalue weighted by Gasteiger charge is 2.25. The van der Waals surface area contributed by atoms with E-state index in [1.807, 2.05) is 0 Å². The van der Waals surface area contributed by atoms with Crippen molar-refractivity contribution in [3.05, 3.63) is 0 Å². The van der Waals surface area contributed by atoms with Crippen molar-refractivity contribution in [1.29, 1.82) is 0 Å². The first-order valence-electron chi connectivity index (χ1n) is 6.71. The lowest BCUT2D eigenvalue weighted by molar-refractivity contribution is 0.136. The molecule has 0 bridgehead atoms. The number of hydrogen-bond donors (Lipinski definition) is 0. The summed E-state index contributed by atoms with van der Waals surface area (Å²) < 4.78 is 0. The summed E-state index contributed by atoms with van der Waals surface area (Å²) in [5.74, 6) is 2.69. The molecule has 1 nitrogen and oxygen atoms in total. The smallest absolute Gasteiger partial charge is 0.00925 e. The molecule has 1 saturated carbocycles. The second kappa shape index (κ2) is 5.89. The summed E-state index contributed by atoms with van der Waals surface area (Å²) in [6.07, 6.45) is 5.74. The zero-order valence-electron chi connectivity index (χ0n) is 11.3. The molecule has 1 rings (SSSR count). The van der Waals surface area contributed by atoms with Gasteiger partial charge in [-0.3, -0.25) is 0 Å². The lowest BCUT2D eigenvalue weighted by Crippen LogP contribution is -2.37. The van der Waals surface area contributed by atoms with Gasteiger partial charge in [0.25, 0.3) is 0 Å². The Morgan fingerprint density at radius 3 is 1.93 bits per heavy atom. The van der Waals surface area contributed by atoms with Crippen LogP contribution in [-0.2, 0) is 0 Å². The first-order valence-corrected chi connectivity index (χ1v) is 6.71. The van der Waals surface area contributed by atoms with E-state index in [-0.39, 0.29) is 0 Å². The maximum absolute atomic E-state index is 2.58. The van der Waals surface area contributed by atoms with Gasteiger partial charge in [0.05, 0.1) is 0 Å². The normalized spacial score (nSPS) is 28.0. The molecular formula is C14H29N. The summed E-state index contributed by atoms with van der Waals surface area (Å²) in [6, 6.07) is 0.863. The van der Waals surface area contributed by atoms with Crippen LogP contribution in [0.25, 0.3) is 0 Å². The van der Waals surface area contributed by atoms with E-state index in [4.69, 9.17) is 0 Å². The standard InChI is InChI=1S/C14H29N/c1-11(2)10-15(5)14-8-6-13(7-9-14)12(3)4/h11-14H,6-10H2,1-5H3. The Bertz CT molecular complexity index is 166. The van der Waals surface area contributed by atoms with E-state index in [2.05, 4.69) is 39.6 Å². The van der Waals surface area contributed by atoms with Gasteiger partial charge in [0.15, 0.2) is 0 Å². The van der Waals surface area contributed by atoms with E-state index in [0.29, 0.717) is 0 Å². The maximum Gasteiger partial charge on any atom is 0.00925 e. The van der Waals surface area contributed by atoms with Gasteiger partial charge in [-0.1, -0.05) is 27.7 Å². The average molecular weight is 211 g/mol. The number of nitrogens with zero attached hydrogens (tertiary/aromatic N) is 1. The van der Waals surface area contributed by atoms with E-state index in [0.717, 1.165) is 23.8 Å². The molecule has 0 aromatic rings. The van der Waals surface area contributed by atoms with Crippen LogP contribution >= 0.6 is 0 Å². The van der Waals surface area contributed by atoms with E-state index in [9.17, 15) is 0 Å². The zero-order valence-corrected chi connectivity index (χ0v) is 11.3. The Morgan fingerprint density at radius 2 is 1.53 bits per heavy atom. The first-order chi connectivity index (χ1) is 7.00. The van der Waals surface area contributed by atoms with Crippen LogP contribution in [0.1, 0.15) is 53.4 Å².